The minimum absolute atomic E-state index is 0.217. The van der Waals surface area contributed by atoms with Crippen LogP contribution in [-0.2, 0) is 0 Å². The SMILES string of the molecule is CNC(=O)c1cc(Oc2ccc(N)c(Oc3ccnc(C(=O)NC)c3)c2)ccn1. The van der Waals surface area contributed by atoms with E-state index in [1.807, 2.05) is 0 Å². The lowest BCUT2D eigenvalue weighted by atomic mass is 10.2. The highest BCUT2D eigenvalue weighted by Gasteiger charge is 2.11. The summed E-state index contributed by atoms with van der Waals surface area (Å²) in [7, 11) is 3.04. The fourth-order valence-corrected chi connectivity index (χ4v) is 2.38. The molecule has 1 aromatic carbocycles. The molecule has 0 unspecified atom stereocenters. The molecule has 4 N–H and O–H groups in total. The van der Waals surface area contributed by atoms with Gasteiger partial charge in [0, 0.05) is 44.7 Å². The third-order valence-electron chi connectivity index (χ3n) is 3.83. The summed E-state index contributed by atoms with van der Waals surface area (Å²) < 4.78 is 11.6. The number of amides is 2. The number of nitrogen functional groups attached to an aromatic ring is 1. The van der Waals surface area contributed by atoms with Crippen LogP contribution in [0.15, 0.2) is 54.9 Å². The molecule has 2 aromatic heterocycles. The van der Waals surface area contributed by atoms with E-state index in [4.69, 9.17) is 15.2 Å². The number of aromatic nitrogens is 2. The van der Waals surface area contributed by atoms with E-state index in [0.29, 0.717) is 28.7 Å². The minimum atomic E-state index is -0.329. The second kappa shape index (κ2) is 8.70. The molecule has 3 rings (SSSR count). The van der Waals surface area contributed by atoms with Crippen LogP contribution in [-0.4, -0.2) is 35.9 Å². The lowest BCUT2D eigenvalue weighted by Gasteiger charge is -2.12. The lowest BCUT2D eigenvalue weighted by molar-refractivity contribution is 0.0950. The van der Waals surface area contributed by atoms with Crippen molar-refractivity contribution >= 4 is 17.5 Å². The molecule has 9 nitrogen and oxygen atoms in total. The van der Waals surface area contributed by atoms with Crippen LogP contribution in [0.4, 0.5) is 5.69 Å². The van der Waals surface area contributed by atoms with Gasteiger partial charge in [0.25, 0.3) is 11.8 Å². The number of nitrogens with one attached hydrogen (secondary N) is 2. The Bertz CT molecular complexity index is 1050. The van der Waals surface area contributed by atoms with Gasteiger partial charge in [0.2, 0.25) is 0 Å². The fraction of sp³-hybridized carbons (Fsp3) is 0.100. The number of ether oxygens (including phenoxy) is 2. The van der Waals surface area contributed by atoms with E-state index in [1.165, 1.54) is 38.6 Å². The maximum atomic E-state index is 11.7. The average molecular weight is 393 g/mol. The topological polar surface area (TPSA) is 128 Å². The molecule has 0 aliphatic heterocycles. The Morgan fingerprint density at radius 3 is 1.86 bits per heavy atom. The molecule has 0 atom stereocenters. The van der Waals surface area contributed by atoms with Gasteiger partial charge in [-0.1, -0.05) is 0 Å². The number of hydrogen-bond donors (Lipinski definition) is 3. The Morgan fingerprint density at radius 2 is 1.31 bits per heavy atom. The third kappa shape index (κ3) is 4.78. The number of pyridine rings is 2. The van der Waals surface area contributed by atoms with Gasteiger partial charge in [0.05, 0.1) is 5.69 Å². The van der Waals surface area contributed by atoms with Crippen LogP contribution in [0.25, 0.3) is 0 Å². The van der Waals surface area contributed by atoms with Gasteiger partial charge < -0.3 is 25.8 Å². The van der Waals surface area contributed by atoms with Crippen molar-refractivity contribution in [3.8, 4) is 23.0 Å². The first-order valence-corrected chi connectivity index (χ1v) is 8.61. The molecule has 0 aliphatic carbocycles. The van der Waals surface area contributed by atoms with E-state index in [2.05, 4.69) is 20.6 Å². The maximum Gasteiger partial charge on any atom is 0.269 e. The molecule has 29 heavy (non-hydrogen) atoms. The molecule has 0 fully saturated rings. The van der Waals surface area contributed by atoms with E-state index >= 15 is 0 Å². The summed E-state index contributed by atoms with van der Waals surface area (Å²) in [5, 5.41) is 5.01. The van der Waals surface area contributed by atoms with Crippen molar-refractivity contribution in [2.45, 2.75) is 0 Å². The number of benzene rings is 1. The van der Waals surface area contributed by atoms with Gasteiger partial charge in [-0.2, -0.15) is 0 Å². The highest BCUT2D eigenvalue weighted by Crippen LogP contribution is 2.33. The van der Waals surface area contributed by atoms with Crippen LogP contribution in [0.5, 0.6) is 23.0 Å². The number of nitrogens with zero attached hydrogens (tertiary/aromatic N) is 2. The maximum absolute atomic E-state index is 11.7. The van der Waals surface area contributed by atoms with Gasteiger partial charge >= 0.3 is 0 Å². The van der Waals surface area contributed by atoms with Crippen LogP contribution in [0.1, 0.15) is 21.0 Å². The molecule has 2 heterocycles. The first kappa shape index (κ1) is 19.6. The molecule has 0 aliphatic rings. The Kier molecular flexibility index (Phi) is 5.88. The van der Waals surface area contributed by atoms with Crippen molar-refractivity contribution in [2.24, 2.45) is 0 Å². The lowest BCUT2D eigenvalue weighted by Crippen LogP contribution is -2.19. The molecule has 148 valence electrons. The van der Waals surface area contributed by atoms with E-state index in [0.717, 1.165) is 0 Å². The Balaban J connectivity index is 1.82. The van der Waals surface area contributed by atoms with Gasteiger partial charge in [-0.15, -0.1) is 0 Å². The highest BCUT2D eigenvalue weighted by molar-refractivity contribution is 5.92. The first-order valence-electron chi connectivity index (χ1n) is 8.61. The molecule has 0 saturated carbocycles. The van der Waals surface area contributed by atoms with E-state index in [9.17, 15) is 9.59 Å². The number of anilines is 1. The van der Waals surface area contributed by atoms with Crippen LogP contribution < -0.4 is 25.8 Å². The molecule has 3 aromatic rings. The van der Waals surface area contributed by atoms with Crippen LogP contribution in [0, 0.1) is 0 Å². The third-order valence-corrected chi connectivity index (χ3v) is 3.83. The van der Waals surface area contributed by atoms with Crippen molar-refractivity contribution in [1.82, 2.24) is 20.6 Å². The van der Waals surface area contributed by atoms with Crippen LogP contribution in [0.3, 0.4) is 0 Å². The van der Waals surface area contributed by atoms with Crippen molar-refractivity contribution in [3.63, 3.8) is 0 Å². The molecule has 0 spiro atoms. The van der Waals surface area contributed by atoms with Crippen molar-refractivity contribution in [1.29, 1.82) is 0 Å². The standard InChI is InChI=1S/C20H19N5O4/c1-22-19(26)16-9-13(5-7-24-16)28-12-3-4-15(21)18(11-12)29-14-6-8-25-17(10-14)20(27)23-2/h3-11H,21H2,1-2H3,(H,22,26)(H,23,27). The second-order valence-corrected chi connectivity index (χ2v) is 5.82. The predicted molar refractivity (Wildman–Crippen MR) is 106 cm³/mol. The zero-order valence-corrected chi connectivity index (χ0v) is 15.8. The zero-order valence-electron chi connectivity index (χ0n) is 15.8. The largest absolute Gasteiger partial charge is 0.457 e. The molecule has 9 heteroatoms. The number of nitrogens with two attached hydrogens (primary N) is 1. The summed E-state index contributed by atoms with van der Waals surface area (Å²) in [5.41, 5.74) is 6.83. The minimum Gasteiger partial charge on any atom is -0.457 e. The summed E-state index contributed by atoms with van der Waals surface area (Å²) >= 11 is 0. The van der Waals surface area contributed by atoms with Crippen molar-refractivity contribution in [2.75, 3.05) is 19.8 Å². The Labute approximate surface area is 166 Å². The number of hydrogen-bond acceptors (Lipinski definition) is 7. The summed E-state index contributed by atoms with van der Waals surface area (Å²) in [6, 6.07) is 11.2. The van der Waals surface area contributed by atoms with Crippen LogP contribution >= 0.6 is 0 Å². The van der Waals surface area contributed by atoms with E-state index in [-0.39, 0.29) is 23.2 Å². The van der Waals surface area contributed by atoms with Gasteiger partial charge in [-0.25, -0.2) is 0 Å². The van der Waals surface area contributed by atoms with Crippen molar-refractivity contribution < 1.29 is 19.1 Å². The monoisotopic (exact) mass is 393 g/mol. The molecular weight excluding hydrogens is 374 g/mol. The summed E-state index contributed by atoms with van der Waals surface area (Å²) in [4.78, 5) is 31.4. The second-order valence-electron chi connectivity index (χ2n) is 5.82. The van der Waals surface area contributed by atoms with Gasteiger partial charge in [-0.3, -0.25) is 19.6 Å². The quantitative estimate of drug-likeness (QED) is 0.548. The Hall–Kier alpha value is -4.14. The van der Waals surface area contributed by atoms with Gasteiger partial charge in [-0.05, 0) is 24.3 Å². The summed E-state index contributed by atoms with van der Waals surface area (Å²) in [6.45, 7) is 0. The molecule has 0 saturated heterocycles. The van der Waals surface area contributed by atoms with E-state index < -0.39 is 0 Å². The number of carbonyl (C=O) groups excluding carboxylic acids is 2. The number of carbonyl (C=O) groups is 2. The summed E-state index contributed by atoms with van der Waals surface area (Å²) in [6.07, 6.45) is 2.94. The highest BCUT2D eigenvalue weighted by atomic mass is 16.5. The molecule has 2 amide bonds. The normalized spacial score (nSPS) is 10.1. The van der Waals surface area contributed by atoms with Crippen LogP contribution in [0.2, 0.25) is 0 Å². The zero-order chi connectivity index (χ0) is 20.8. The molecular formula is C20H19N5O4. The van der Waals surface area contributed by atoms with E-state index in [1.54, 1.807) is 30.3 Å². The average Bonchev–Trinajstić information content (AvgIpc) is 2.75. The first-order chi connectivity index (χ1) is 14.0. The van der Waals surface area contributed by atoms with Crippen molar-refractivity contribution in [3.05, 3.63) is 66.2 Å². The number of rotatable bonds is 6. The molecule has 0 radical (unpaired) electrons. The molecule has 0 bridgehead atoms. The fourth-order valence-electron chi connectivity index (χ4n) is 2.38. The van der Waals surface area contributed by atoms with Gasteiger partial charge in [0.1, 0.15) is 28.6 Å². The Morgan fingerprint density at radius 1 is 0.793 bits per heavy atom. The smallest absolute Gasteiger partial charge is 0.269 e. The predicted octanol–water partition coefficient (Wildman–Crippen LogP) is 2.36. The van der Waals surface area contributed by atoms with Gasteiger partial charge in [0.15, 0.2) is 5.75 Å². The summed E-state index contributed by atoms with van der Waals surface area (Å²) in [5.74, 6) is 0.973.